The molecule has 2 heterocycles. The predicted molar refractivity (Wildman–Crippen MR) is 134 cm³/mol. The Morgan fingerprint density at radius 2 is 1.76 bits per heavy atom. The van der Waals surface area contributed by atoms with E-state index in [1.165, 1.54) is 28.6 Å². The van der Waals surface area contributed by atoms with Gasteiger partial charge in [0.25, 0.3) is 0 Å². The highest BCUT2D eigenvalue weighted by Gasteiger charge is 2.44. The monoisotopic (exact) mass is 497 g/mol. The van der Waals surface area contributed by atoms with E-state index in [4.69, 9.17) is 4.74 Å². The van der Waals surface area contributed by atoms with Crippen LogP contribution in [-0.4, -0.2) is 37.7 Å². The number of phenolic OH excluding ortho intramolecular Hbond substituents is 1. The third-order valence-corrected chi connectivity index (χ3v) is 7.38. The Morgan fingerprint density at radius 1 is 1.00 bits per heavy atom. The average molecular weight is 498 g/mol. The van der Waals surface area contributed by atoms with E-state index in [0.29, 0.717) is 28.0 Å². The molecule has 0 bridgehead atoms. The van der Waals surface area contributed by atoms with Crippen LogP contribution in [0, 0.1) is 0 Å². The molecule has 1 N–H and O–H groups in total. The lowest BCUT2D eigenvalue weighted by atomic mass is 9.68. The smallest absolute Gasteiger partial charge is 0.352 e. The van der Waals surface area contributed by atoms with E-state index < -0.39 is 23.3 Å². The maximum Gasteiger partial charge on any atom is 0.352 e. The standard InChI is InChI=1S/C28H23N3O6/c1-15-12-22(33)25-19(26(15)34)14-20-18(24(25)16-8-9-23(37-2)21(32)13-16)10-11-29-27(35)30(28(36)31(20)29)17-6-4-3-5-7-17/h3-10,12-13,20,24,32H,11,14H2,1-2H3/t20-,24+/m1/s1. The fraction of sp³-hybridized carbons (Fsp3) is 0.214. The fourth-order valence-electron chi connectivity index (χ4n) is 5.72. The number of benzene rings is 2. The van der Waals surface area contributed by atoms with Gasteiger partial charge in [-0.1, -0.05) is 30.3 Å². The highest BCUT2D eigenvalue weighted by molar-refractivity contribution is 6.23. The van der Waals surface area contributed by atoms with Crippen molar-refractivity contribution in [3.63, 3.8) is 0 Å². The Balaban J connectivity index is 1.58. The minimum absolute atomic E-state index is 0.105. The summed E-state index contributed by atoms with van der Waals surface area (Å²) in [4.78, 5) is 53.6. The van der Waals surface area contributed by atoms with Gasteiger partial charge in [-0.3, -0.25) is 9.59 Å². The van der Waals surface area contributed by atoms with Gasteiger partial charge >= 0.3 is 11.4 Å². The number of hydrogen-bond donors (Lipinski definition) is 1. The van der Waals surface area contributed by atoms with E-state index in [1.807, 2.05) is 6.08 Å². The molecule has 3 aliphatic rings. The van der Waals surface area contributed by atoms with E-state index in [0.717, 1.165) is 10.1 Å². The number of ketones is 2. The molecule has 2 aliphatic carbocycles. The first-order valence-electron chi connectivity index (χ1n) is 11.9. The van der Waals surface area contributed by atoms with Crippen LogP contribution in [0.3, 0.4) is 0 Å². The minimum Gasteiger partial charge on any atom is -0.504 e. The number of allylic oxidation sites excluding steroid dienone is 6. The van der Waals surface area contributed by atoms with Gasteiger partial charge in [-0.05, 0) is 48.4 Å². The zero-order valence-corrected chi connectivity index (χ0v) is 20.2. The number of Topliss-reactive ketones (excluding diaryl/α,β-unsaturated/α-hetero) is 1. The summed E-state index contributed by atoms with van der Waals surface area (Å²) in [6.07, 6.45) is 3.29. The summed E-state index contributed by atoms with van der Waals surface area (Å²) in [6, 6.07) is 12.9. The number of hydrogen-bond acceptors (Lipinski definition) is 6. The van der Waals surface area contributed by atoms with Gasteiger partial charge in [-0.15, -0.1) is 0 Å². The molecule has 9 heteroatoms. The second kappa shape index (κ2) is 8.19. The Morgan fingerprint density at radius 3 is 2.46 bits per heavy atom. The van der Waals surface area contributed by atoms with Gasteiger partial charge in [0, 0.05) is 29.1 Å². The van der Waals surface area contributed by atoms with E-state index in [9.17, 15) is 24.3 Å². The SMILES string of the molecule is COc1ccc([C@H]2C3=CCn4c(=O)n(-c5ccccc5)c(=O)n4[C@@H]3CC3=C2C(=O)C=C(C)C3=O)cc1O. The first-order chi connectivity index (χ1) is 17.8. The minimum atomic E-state index is -0.679. The third kappa shape index (κ3) is 3.23. The van der Waals surface area contributed by atoms with Crippen LogP contribution >= 0.6 is 0 Å². The van der Waals surface area contributed by atoms with Gasteiger partial charge < -0.3 is 9.84 Å². The summed E-state index contributed by atoms with van der Waals surface area (Å²) in [7, 11) is 1.44. The number of phenols is 1. The van der Waals surface area contributed by atoms with Crippen molar-refractivity contribution < 1.29 is 19.4 Å². The molecule has 0 saturated heterocycles. The van der Waals surface area contributed by atoms with Gasteiger partial charge in [-0.25, -0.2) is 23.5 Å². The van der Waals surface area contributed by atoms with E-state index >= 15 is 0 Å². The number of fused-ring (bicyclic) bond motifs is 3. The van der Waals surface area contributed by atoms with Gasteiger partial charge in [0.2, 0.25) is 0 Å². The van der Waals surface area contributed by atoms with Crippen molar-refractivity contribution in [3.05, 3.63) is 110 Å². The maximum absolute atomic E-state index is 13.7. The lowest BCUT2D eigenvalue weighted by Crippen LogP contribution is -2.40. The Kier molecular flexibility index (Phi) is 5.04. The molecule has 2 aromatic carbocycles. The summed E-state index contributed by atoms with van der Waals surface area (Å²) in [6.45, 7) is 1.72. The molecule has 0 spiro atoms. The lowest BCUT2D eigenvalue weighted by Gasteiger charge is -2.39. The first-order valence-corrected chi connectivity index (χ1v) is 11.9. The Bertz CT molecular complexity index is 1710. The molecule has 0 fully saturated rings. The summed E-state index contributed by atoms with van der Waals surface area (Å²) in [5.74, 6) is -1.04. The number of aromatic hydroxyl groups is 1. The highest BCUT2D eigenvalue weighted by atomic mass is 16.5. The number of aromatic nitrogens is 3. The zero-order chi connectivity index (χ0) is 26.0. The second-order valence-electron chi connectivity index (χ2n) is 9.36. The molecule has 0 radical (unpaired) electrons. The number of methoxy groups -OCH3 is 1. The van der Waals surface area contributed by atoms with Crippen LogP contribution in [0.1, 0.15) is 30.9 Å². The topological polar surface area (TPSA) is 113 Å². The molecule has 0 unspecified atom stereocenters. The quantitative estimate of drug-likeness (QED) is 0.440. The third-order valence-electron chi connectivity index (χ3n) is 7.38. The van der Waals surface area contributed by atoms with Crippen molar-refractivity contribution in [1.29, 1.82) is 0 Å². The van der Waals surface area contributed by atoms with Crippen molar-refractivity contribution in [2.45, 2.75) is 31.8 Å². The molecule has 1 aromatic heterocycles. The first kappa shape index (κ1) is 22.8. The fourth-order valence-corrected chi connectivity index (χ4v) is 5.72. The number of carbonyl (C=O) groups is 2. The molecule has 37 heavy (non-hydrogen) atoms. The van der Waals surface area contributed by atoms with Crippen LogP contribution in [0.4, 0.5) is 0 Å². The molecule has 3 aromatic rings. The van der Waals surface area contributed by atoms with Crippen LogP contribution in [0.5, 0.6) is 11.5 Å². The zero-order valence-electron chi connectivity index (χ0n) is 20.2. The van der Waals surface area contributed by atoms with Crippen LogP contribution in [0.15, 0.2) is 92.6 Å². The Labute approximate surface area is 210 Å². The van der Waals surface area contributed by atoms with Crippen molar-refractivity contribution in [3.8, 4) is 17.2 Å². The van der Waals surface area contributed by atoms with Crippen molar-refractivity contribution >= 4 is 11.6 Å². The molecule has 0 amide bonds. The molecular weight excluding hydrogens is 474 g/mol. The molecule has 2 atom stereocenters. The number of nitrogens with zero attached hydrogens (tertiary/aromatic N) is 3. The summed E-state index contributed by atoms with van der Waals surface area (Å²) in [5, 5.41) is 10.5. The average Bonchev–Trinajstić information content (AvgIpc) is 3.16. The van der Waals surface area contributed by atoms with Crippen LogP contribution in [0.25, 0.3) is 5.69 Å². The van der Waals surface area contributed by atoms with Crippen LogP contribution < -0.4 is 16.1 Å². The number of ether oxygens (including phenoxy) is 1. The molecule has 6 rings (SSSR count). The predicted octanol–water partition coefficient (Wildman–Crippen LogP) is 2.58. The van der Waals surface area contributed by atoms with Gasteiger partial charge in [0.1, 0.15) is 0 Å². The molecule has 1 aliphatic heterocycles. The normalized spacial score (nSPS) is 20.6. The molecule has 186 valence electrons. The number of para-hydroxylation sites is 1. The summed E-state index contributed by atoms with van der Waals surface area (Å²) >= 11 is 0. The van der Waals surface area contributed by atoms with Gasteiger partial charge in [0.05, 0.1) is 25.4 Å². The number of rotatable bonds is 3. The van der Waals surface area contributed by atoms with Crippen molar-refractivity contribution in [2.75, 3.05) is 7.11 Å². The largest absolute Gasteiger partial charge is 0.504 e. The number of carbonyl (C=O) groups excluding carboxylic acids is 2. The van der Waals surface area contributed by atoms with Gasteiger partial charge in [-0.2, -0.15) is 0 Å². The lowest BCUT2D eigenvalue weighted by molar-refractivity contribution is -0.116. The van der Waals surface area contributed by atoms with E-state index in [-0.39, 0.29) is 36.0 Å². The summed E-state index contributed by atoms with van der Waals surface area (Å²) < 4.78 is 9.07. The van der Waals surface area contributed by atoms with Gasteiger partial charge in [0.15, 0.2) is 23.1 Å². The van der Waals surface area contributed by atoms with Crippen molar-refractivity contribution in [2.24, 2.45) is 0 Å². The van der Waals surface area contributed by atoms with E-state index in [1.54, 1.807) is 49.4 Å². The second-order valence-corrected chi connectivity index (χ2v) is 9.36. The highest BCUT2D eigenvalue weighted by Crippen LogP contribution is 2.50. The van der Waals surface area contributed by atoms with Crippen LogP contribution in [-0.2, 0) is 16.1 Å². The summed E-state index contributed by atoms with van der Waals surface area (Å²) in [5.41, 5.74) is 1.76. The van der Waals surface area contributed by atoms with Crippen molar-refractivity contribution in [1.82, 2.24) is 13.9 Å². The Hall–Kier alpha value is -4.66. The molecule has 9 nitrogen and oxygen atoms in total. The van der Waals surface area contributed by atoms with Crippen LogP contribution in [0.2, 0.25) is 0 Å². The molecular formula is C28H23N3O6. The molecule has 0 saturated carbocycles. The van der Waals surface area contributed by atoms with E-state index in [2.05, 4.69) is 0 Å². The maximum atomic E-state index is 13.7.